The third kappa shape index (κ3) is 3.41. The molecule has 0 aliphatic rings. The molecule has 0 unspecified atom stereocenters. The molecular weight excluding hydrogens is 314 g/mol. The number of nitrogens with zero attached hydrogens (tertiary/aromatic N) is 6. The number of hydrogen-bond acceptors (Lipinski definition) is 5. The van der Waals surface area contributed by atoms with Crippen molar-refractivity contribution >= 4 is 5.65 Å². The third-order valence-corrected chi connectivity index (χ3v) is 4.15. The van der Waals surface area contributed by atoms with Crippen LogP contribution in [0.5, 0.6) is 0 Å². The standard InChI is InChI=1S/C18H19N7/c1-14-21-23-18-17(19-9-10-25(14)18)13-24(12-16-7-8-20-22-16)11-15-5-3-2-4-6-15/h2-10H,11-13H2,1H3,(H,20,22). The largest absolute Gasteiger partial charge is 0.287 e. The molecule has 4 aromatic rings. The second-order valence-corrected chi connectivity index (χ2v) is 6.03. The van der Waals surface area contributed by atoms with Gasteiger partial charge in [0.2, 0.25) is 0 Å². The van der Waals surface area contributed by atoms with Crippen LogP contribution in [0.15, 0.2) is 55.0 Å². The number of benzene rings is 1. The molecule has 0 spiro atoms. The Morgan fingerprint density at radius 1 is 1.00 bits per heavy atom. The molecule has 7 heteroatoms. The topological polar surface area (TPSA) is 75.0 Å². The van der Waals surface area contributed by atoms with Crippen LogP contribution >= 0.6 is 0 Å². The van der Waals surface area contributed by atoms with Gasteiger partial charge in [0.1, 0.15) is 5.82 Å². The molecule has 1 aromatic carbocycles. The lowest BCUT2D eigenvalue weighted by atomic mass is 10.2. The van der Waals surface area contributed by atoms with Crippen LogP contribution in [0.3, 0.4) is 0 Å². The summed E-state index contributed by atoms with van der Waals surface area (Å²) in [6, 6.07) is 12.4. The van der Waals surface area contributed by atoms with Gasteiger partial charge in [0, 0.05) is 43.9 Å². The highest BCUT2D eigenvalue weighted by atomic mass is 15.3. The lowest BCUT2D eigenvalue weighted by Gasteiger charge is -2.21. The van der Waals surface area contributed by atoms with Crippen LogP contribution in [0.2, 0.25) is 0 Å². The number of aromatic nitrogens is 6. The Morgan fingerprint density at radius 3 is 2.68 bits per heavy atom. The van der Waals surface area contributed by atoms with Crippen molar-refractivity contribution in [1.82, 2.24) is 34.7 Å². The predicted octanol–water partition coefficient (Wildman–Crippen LogP) is 2.36. The first-order valence-electron chi connectivity index (χ1n) is 8.19. The Hall–Kier alpha value is -3.06. The normalized spacial score (nSPS) is 11.4. The van der Waals surface area contributed by atoms with Crippen molar-refractivity contribution in [2.24, 2.45) is 0 Å². The molecule has 0 aliphatic heterocycles. The van der Waals surface area contributed by atoms with E-state index in [1.807, 2.05) is 29.7 Å². The van der Waals surface area contributed by atoms with Crippen molar-refractivity contribution in [3.8, 4) is 0 Å². The second-order valence-electron chi connectivity index (χ2n) is 6.03. The summed E-state index contributed by atoms with van der Waals surface area (Å²) in [6.07, 6.45) is 5.47. The lowest BCUT2D eigenvalue weighted by Crippen LogP contribution is -2.23. The van der Waals surface area contributed by atoms with Crippen molar-refractivity contribution in [3.05, 3.63) is 77.8 Å². The summed E-state index contributed by atoms with van der Waals surface area (Å²) in [5, 5.41) is 15.5. The molecule has 7 nitrogen and oxygen atoms in total. The Bertz CT molecular complexity index is 944. The first-order chi connectivity index (χ1) is 12.3. The van der Waals surface area contributed by atoms with Crippen molar-refractivity contribution in [1.29, 1.82) is 0 Å². The van der Waals surface area contributed by atoms with Gasteiger partial charge in [-0.05, 0) is 18.6 Å². The fourth-order valence-corrected chi connectivity index (χ4v) is 2.94. The summed E-state index contributed by atoms with van der Waals surface area (Å²) in [4.78, 5) is 6.85. The van der Waals surface area contributed by atoms with E-state index in [0.717, 1.165) is 35.9 Å². The number of aromatic amines is 1. The SMILES string of the molecule is Cc1nnc2c(CN(Cc3ccccc3)Cc3ccn[nH]3)nccn12. The van der Waals surface area contributed by atoms with E-state index in [1.54, 1.807) is 12.4 Å². The molecule has 0 atom stereocenters. The summed E-state index contributed by atoms with van der Waals surface area (Å²) in [5.74, 6) is 0.863. The molecule has 0 saturated carbocycles. The van der Waals surface area contributed by atoms with Crippen LogP contribution in [-0.2, 0) is 19.6 Å². The van der Waals surface area contributed by atoms with Crippen LogP contribution < -0.4 is 0 Å². The highest BCUT2D eigenvalue weighted by Gasteiger charge is 2.14. The van der Waals surface area contributed by atoms with Crippen LogP contribution in [0, 0.1) is 6.92 Å². The lowest BCUT2D eigenvalue weighted by molar-refractivity contribution is 0.242. The minimum Gasteiger partial charge on any atom is -0.287 e. The molecule has 3 aromatic heterocycles. The second kappa shape index (κ2) is 6.82. The molecule has 25 heavy (non-hydrogen) atoms. The number of fused-ring (bicyclic) bond motifs is 1. The van der Waals surface area contributed by atoms with Crippen LogP contribution in [0.1, 0.15) is 22.8 Å². The molecule has 126 valence electrons. The quantitative estimate of drug-likeness (QED) is 0.586. The monoisotopic (exact) mass is 333 g/mol. The summed E-state index contributed by atoms with van der Waals surface area (Å²) in [5.41, 5.74) is 4.05. The summed E-state index contributed by atoms with van der Waals surface area (Å²) in [7, 11) is 0. The van der Waals surface area contributed by atoms with Crippen LogP contribution in [-0.4, -0.2) is 34.7 Å². The van der Waals surface area contributed by atoms with E-state index in [1.165, 1.54) is 5.56 Å². The Kier molecular flexibility index (Phi) is 4.22. The summed E-state index contributed by atoms with van der Waals surface area (Å²) >= 11 is 0. The van der Waals surface area contributed by atoms with Gasteiger partial charge in [0.05, 0.1) is 5.69 Å². The molecule has 1 N–H and O–H groups in total. The predicted molar refractivity (Wildman–Crippen MR) is 93.5 cm³/mol. The Balaban J connectivity index is 1.62. The molecule has 0 fully saturated rings. The van der Waals surface area contributed by atoms with Gasteiger partial charge >= 0.3 is 0 Å². The Labute approximate surface area is 145 Å². The first kappa shape index (κ1) is 15.5. The number of rotatable bonds is 6. The van der Waals surface area contributed by atoms with E-state index in [-0.39, 0.29) is 0 Å². The maximum absolute atomic E-state index is 4.54. The zero-order chi connectivity index (χ0) is 17.1. The van der Waals surface area contributed by atoms with Crippen LogP contribution in [0.4, 0.5) is 0 Å². The van der Waals surface area contributed by atoms with Gasteiger partial charge in [-0.2, -0.15) is 5.10 Å². The average Bonchev–Trinajstić information content (AvgIpc) is 3.27. The van der Waals surface area contributed by atoms with Gasteiger partial charge in [0.15, 0.2) is 5.65 Å². The number of nitrogens with one attached hydrogen (secondary N) is 1. The molecule has 3 heterocycles. The summed E-state index contributed by atoms with van der Waals surface area (Å²) in [6.45, 7) is 4.19. The van der Waals surface area contributed by atoms with E-state index in [4.69, 9.17) is 0 Å². The van der Waals surface area contributed by atoms with Crippen molar-refractivity contribution in [2.75, 3.05) is 0 Å². The molecule has 0 aliphatic carbocycles. The number of H-pyrrole nitrogens is 1. The average molecular weight is 333 g/mol. The number of hydrogen-bond donors (Lipinski definition) is 1. The van der Waals surface area contributed by atoms with E-state index in [2.05, 4.69) is 54.5 Å². The van der Waals surface area contributed by atoms with Gasteiger partial charge in [-0.25, -0.2) is 0 Å². The van der Waals surface area contributed by atoms with E-state index in [0.29, 0.717) is 6.54 Å². The number of aryl methyl sites for hydroxylation is 1. The maximum Gasteiger partial charge on any atom is 0.183 e. The molecule has 0 bridgehead atoms. The Morgan fingerprint density at radius 2 is 1.88 bits per heavy atom. The van der Waals surface area contributed by atoms with Gasteiger partial charge in [0.25, 0.3) is 0 Å². The first-order valence-corrected chi connectivity index (χ1v) is 8.19. The van der Waals surface area contributed by atoms with Gasteiger partial charge in [-0.1, -0.05) is 30.3 Å². The molecule has 4 rings (SSSR count). The smallest absolute Gasteiger partial charge is 0.183 e. The summed E-state index contributed by atoms with van der Waals surface area (Å²) < 4.78 is 1.97. The van der Waals surface area contributed by atoms with Crippen molar-refractivity contribution < 1.29 is 0 Å². The van der Waals surface area contributed by atoms with Gasteiger partial charge in [-0.15, -0.1) is 10.2 Å². The molecule has 0 amide bonds. The minimum absolute atomic E-state index is 0.677. The van der Waals surface area contributed by atoms with E-state index in [9.17, 15) is 0 Å². The maximum atomic E-state index is 4.54. The molecule has 0 saturated heterocycles. The molecular formula is C18H19N7. The van der Waals surface area contributed by atoms with Crippen molar-refractivity contribution in [2.45, 2.75) is 26.6 Å². The third-order valence-electron chi connectivity index (χ3n) is 4.15. The van der Waals surface area contributed by atoms with Crippen molar-refractivity contribution in [3.63, 3.8) is 0 Å². The molecule has 0 radical (unpaired) electrons. The van der Waals surface area contributed by atoms with Crippen LogP contribution in [0.25, 0.3) is 5.65 Å². The highest BCUT2D eigenvalue weighted by molar-refractivity contribution is 5.43. The highest BCUT2D eigenvalue weighted by Crippen LogP contribution is 2.15. The fourth-order valence-electron chi connectivity index (χ4n) is 2.94. The van der Waals surface area contributed by atoms with Gasteiger partial charge in [-0.3, -0.25) is 19.4 Å². The fraction of sp³-hybridized carbons (Fsp3) is 0.222. The van der Waals surface area contributed by atoms with E-state index < -0.39 is 0 Å². The zero-order valence-electron chi connectivity index (χ0n) is 14.0. The van der Waals surface area contributed by atoms with E-state index >= 15 is 0 Å². The van der Waals surface area contributed by atoms with Gasteiger partial charge < -0.3 is 0 Å². The zero-order valence-corrected chi connectivity index (χ0v) is 14.0. The minimum atomic E-state index is 0.677.